The van der Waals surface area contributed by atoms with Crippen molar-refractivity contribution in [1.29, 1.82) is 0 Å². The molecular formula is C18H32N2O5. The van der Waals surface area contributed by atoms with Crippen molar-refractivity contribution >= 4 is 5.78 Å². The van der Waals surface area contributed by atoms with E-state index in [-0.39, 0.29) is 11.8 Å². The van der Waals surface area contributed by atoms with E-state index in [1.54, 1.807) is 0 Å². The number of hydrogen-bond donors (Lipinski definition) is 4. The van der Waals surface area contributed by atoms with Gasteiger partial charge in [-0.1, -0.05) is 27.7 Å². The Labute approximate surface area is 149 Å². The van der Waals surface area contributed by atoms with Crippen LogP contribution in [0, 0.1) is 22.7 Å². The molecule has 144 valence electrons. The molecule has 4 aliphatic heterocycles. The standard InChI is InChI=1S/C18H32N2O5/c1-10(2)17-6-19-8-18(11(3)4,16(17)25)9-20(7-17)15(19)14(24)13(23)12(22)5-21/h10-15,21-24H,5-9H2,1-4H3/t12-,13-,14-,15?,17?,18?/m0/s1. The number of nitrogens with zero attached hydrogens (tertiary/aromatic N) is 2. The third-order valence-corrected chi connectivity index (χ3v) is 7.04. The molecule has 4 bridgehead atoms. The first-order valence-electron chi connectivity index (χ1n) is 9.29. The van der Waals surface area contributed by atoms with Gasteiger partial charge in [-0.15, -0.1) is 0 Å². The zero-order valence-corrected chi connectivity index (χ0v) is 15.6. The lowest BCUT2D eigenvalue weighted by Crippen LogP contribution is -2.83. The zero-order chi connectivity index (χ0) is 18.7. The summed E-state index contributed by atoms with van der Waals surface area (Å²) in [5.74, 6) is 0.728. The van der Waals surface area contributed by atoms with Gasteiger partial charge in [0.25, 0.3) is 0 Å². The summed E-state index contributed by atoms with van der Waals surface area (Å²) in [5, 5.41) is 39.7. The van der Waals surface area contributed by atoms with Crippen molar-refractivity contribution in [2.75, 3.05) is 32.8 Å². The van der Waals surface area contributed by atoms with Gasteiger partial charge in [0, 0.05) is 26.2 Å². The van der Waals surface area contributed by atoms with Crippen LogP contribution in [0.3, 0.4) is 0 Å². The maximum atomic E-state index is 13.4. The van der Waals surface area contributed by atoms with Crippen LogP contribution in [0.5, 0.6) is 0 Å². The van der Waals surface area contributed by atoms with Crippen LogP contribution in [-0.2, 0) is 4.79 Å². The Bertz CT molecular complexity index is 492. The SMILES string of the molecule is CC(C)C12CN3CC(C(C)C)(CN(C1)C3[C@@H](O)[C@@H](O)[C@@H](O)CO)C2=O. The Morgan fingerprint density at radius 1 is 0.960 bits per heavy atom. The van der Waals surface area contributed by atoms with Gasteiger partial charge in [-0.3, -0.25) is 14.6 Å². The molecule has 4 saturated heterocycles. The van der Waals surface area contributed by atoms with E-state index in [4.69, 9.17) is 5.11 Å². The van der Waals surface area contributed by atoms with Crippen molar-refractivity contribution < 1.29 is 25.2 Å². The Morgan fingerprint density at radius 3 is 1.68 bits per heavy atom. The molecule has 3 atom stereocenters. The molecule has 4 N–H and O–H groups in total. The highest BCUT2D eigenvalue weighted by molar-refractivity contribution is 5.94. The fourth-order valence-corrected chi connectivity index (χ4v) is 5.25. The minimum Gasteiger partial charge on any atom is -0.394 e. The van der Waals surface area contributed by atoms with E-state index in [1.165, 1.54) is 0 Å². The van der Waals surface area contributed by atoms with E-state index < -0.39 is 41.9 Å². The van der Waals surface area contributed by atoms with Crippen molar-refractivity contribution in [2.45, 2.75) is 52.2 Å². The van der Waals surface area contributed by atoms with Gasteiger partial charge in [-0.2, -0.15) is 0 Å². The van der Waals surface area contributed by atoms with Gasteiger partial charge in [-0.25, -0.2) is 0 Å². The normalized spacial score (nSPS) is 43.8. The zero-order valence-electron chi connectivity index (χ0n) is 15.6. The van der Waals surface area contributed by atoms with Crippen LogP contribution in [0.1, 0.15) is 27.7 Å². The first-order chi connectivity index (χ1) is 11.6. The predicted molar refractivity (Wildman–Crippen MR) is 91.6 cm³/mol. The minimum atomic E-state index is -1.42. The van der Waals surface area contributed by atoms with E-state index in [1.807, 2.05) is 0 Å². The molecule has 0 radical (unpaired) electrons. The number of hydrogen-bond acceptors (Lipinski definition) is 7. The Hall–Kier alpha value is -0.570. The molecule has 0 saturated carbocycles. The third kappa shape index (κ3) is 2.51. The van der Waals surface area contributed by atoms with Crippen LogP contribution in [0.4, 0.5) is 0 Å². The number of aliphatic hydroxyl groups excluding tert-OH is 4. The lowest BCUT2D eigenvalue weighted by molar-refractivity contribution is -0.242. The maximum Gasteiger partial charge on any atom is 0.150 e. The second kappa shape index (κ2) is 6.25. The smallest absolute Gasteiger partial charge is 0.150 e. The fraction of sp³-hybridized carbons (Fsp3) is 0.944. The first-order valence-corrected chi connectivity index (χ1v) is 9.29. The summed E-state index contributed by atoms with van der Waals surface area (Å²) in [6.45, 7) is 9.99. The number of aliphatic hydroxyl groups is 4. The summed E-state index contributed by atoms with van der Waals surface area (Å²) in [5.41, 5.74) is -0.894. The third-order valence-electron chi connectivity index (χ3n) is 7.04. The summed E-state index contributed by atoms with van der Waals surface area (Å²) in [6.07, 6.45) is -4.45. The number of Topliss-reactive ketones (excluding diaryl/α,β-unsaturated/α-hetero) is 1. The molecule has 0 spiro atoms. The molecule has 0 unspecified atom stereocenters. The Kier molecular flexibility index (Phi) is 4.80. The van der Waals surface area contributed by atoms with Crippen molar-refractivity contribution in [3.05, 3.63) is 0 Å². The average Bonchev–Trinajstić information content (AvgIpc) is 2.55. The minimum absolute atomic E-state index is 0.190. The summed E-state index contributed by atoms with van der Waals surface area (Å²) < 4.78 is 0. The molecule has 4 aliphatic rings. The summed E-state index contributed by atoms with van der Waals surface area (Å²) in [4.78, 5) is 17.6. The van der Waals surface area contributed by atoms with Gasteiger partial charge in [0.2, 0.25) is 0 Å². The van der Waals surface area contributed by atoms with Gasteiger partial charge < -0.3 is 20.4 Å². The van der Waals surface area contributed by atoms with Crippen LogP contribution in [0.2, 0.25) is 0 Å². The molecule has 7 heteroatoms. The summed E-state index contributed by atoms with van der Waals surface area (Å²) in [6, 6.07) is 0. The maximum absolute atomic E-state index is 13.4. The van der Waals surface area contributed by atoms with Crippen LogP contribution < -0.4 is 0 Å². The monoisotopic (exact) mass is 356 g/mol. The van der Waals surface area contributed by atoms with E-state index in [0.29, 0.717) is 32.0 Å². The number of carbonyl (C=O) groups is 1. The highest BCUT2D eigenvalue weighted by Crippen LogP contribution is 2.54. The van der Waals surface area contributed by atoms with Crippen molar-refractivity contribution in [2.24, 2.45) is 22.7 Å². The quantitative estimate of drug-likeness (QED) is 0.478. The second-order valence-corrected chi connectivity index (χ2v) is 8.91. The van der Waals surface area contributed by atoms with Gasteiger partial charge in [-0.05, 0) is 11.8 Å². The number of carbonyl (C=O) groups excluding carboxylic acids is 1. The molecule has 0 aromatic rings. The topological polar surface area (TPSA) is 104 Å². The van der Waals surface area contributed by atoms with Gasteiger partial charge in [0.05, 0.1) is 23.6 Å². The summed E-state index contributed by atoms with van der Waals surface area (Å²) in [7, 11) is 0. The number of rotatable bonds is 6. The Balaban J connectivity index is 1.95. The molecule has 4 rings (SSSR count). The van der Waals surface area contributed by atoms with Crippen LogP contribution in [-0.4, -0.2) is 93.3 Å². The van der Waals surface area contributed by atoms with E-state index in [0.717, 1.165) is 0 Å². The molecule has 25 heavy (non-hydrogen) atoms. The molecule has 0 aliphatic carbocycles. The number of piperidine rings is 2. The molecular weight excluding hydrogens is 324 g/mol. The summed E-state index contributed by atoms with van der Waals surface area (Å²) >= 11 is 0. The highest BCUT2D eigenvalue weighted by atomic mass is 16.4. The lowest BCUT2D eigenvalue weighted by atomic mass is 9.53. The average molecular weight is 356 g/mol. The van der Waals surface area contributed by atoms with Gasteiger partial charge in [0.15, 0.2) is 5.78 Å². The molecule has 0 aromatic heterocycles. The van der Waals surface area contributed by atoms with Crippen LogP contribution in [0.25, 0.3) is 0 Å². The molecule has 4 heterocycles. The van der Waals surface area contributed by atoms with Crippen molar-refractivity contribution in [1.82, 2.24) is 9.80 Å². The lowest BCUT2D eigenvalue weighted by Gasteiger charge is -2.69. The van der Waals surface area contributed by atoms with Gasteiger partial charge >= 0.3 is 0 Å². The molecule has 7 nitrogen and oxygen atoms in total. The highest BCUT2D eigenvalue weighted by Gasteiger charge is 2.68. The largest absolute Gasteiger partial charge is 0.394 e. The second-order valence-electron chi connectivity index (χ2n) is 8.91. The Morgan fingerprint density at radius 2 is 1.36 bits per heavy atom. The molecule has 4 fully saturated rings. The number of ketones is 1. The van der Waals surface area contributed by atoms with E-state index in [9.17, 15) is 20.1 Å². The van der Waals surface area contributed by atoms with Gasteiger partial charge in [0.1, 0.15) is 18.3 Å². The van der Waals surface area contributed by atoms with Crippen LogP contribution >= 0.6 is 0 Å². The van der Waals surface area contributed by atoms with Crippen molar-refractivity contribution in [3.63, 3.8) is 0 Å². The molecule has 0 amide bonds. The van der Waals surface area contributed by atoms with Crippen LogP contribution in [0.15, 0.2) is 0 Å². The fourth-order valence-electron chi connectivity index (χ4n) is 5.25. The molecule has 0 aromatic carbocycles. The predicted octanol–water partition coefficient (Wildman–Crippen LogP) is -1.11. The first kappa shape index (κ1) is 19.2. The van der Waals surface area contributed by atoms with E-state index in [2.05, 4.69) is 37.5 Å². The van der Waals surface area contributed by atoms with Crippen molar-refractivity contribution in [3.8, 4) is 0 Å². The van der Waals surface area contributed by atoms with E-state index >= 15 is 0 Å².